The van der Waals surface area contributed by atoms with Crippen molar-refractivity contribution in [2.75, 3.05) is 19.7 Å². The second kappa shape index (κ2) is 8.32. The second-order valence-electron chi connectivity index (χ2n) is 6.60. The van der Waals surface area contributed by atoms with Crippen LogP contribution >= 0.6 is 0 Å². The lowest BCUT2D eigenvalue weighted by Crippen LogP contribution is -2.41. The van der Waals surface area contributed by atoms with Crippen LogP contribution in [0.2, 0.25) is 0 Å². The number of para-hydroxylation sites is 1. The van der Waals surface area contributed by atoms with Crippen molar-refractivity contribution in [2.45, 2.75) is 25.8 Å². The monoisotopic (exact) mass is 357 g/mol. The minimum absolute atomic E-state index is 0.240. The molecule has 0 bridgehead atoms. The molecule has 0 aromatic heterocycles. The van der Waals surface area contributed by atoms with Gasteiger partial charge in [-0.25, -0.2) is 4.39 Å². The molecule has 138 valence electrons. The van der Waals surface area contributed by atoms with E-state index in [1.807, 2.05) is 37.3 Å². The molecule has 2 unspecified atom stereocenters. The van der Waals surface area contributed by atoms with E-state index in [1.165, 1.54) is 12.1 Å². The zero-order valence-electron chi connectivity index (χ0n) is 14.9. The molecule has 0 saturated carbocycles. The standard InChI is InChI=1S/C21H24FNO3/c1-2-26-19-11-4-3-10-18(19)20(15-7-5-9-17(22)13-15)23-12-6-8-16(14-23)21(24)25/h3-5,7,9-11,13,16,20H,2,6,8,12,14H2,1H3,(H,24,25). The Bertz CT molecular complexity index is 764. The van der Waals surface area contributed by atoms with Gasteiger partial charge in [-0.1, -0.05) is 30.3 Å². The van der Waals surface area contributed by atoms with Crippen LogP contribution < -0.4 is 4.74 Å². The van der Waals surface area contributed by atoms with Gasteiger partial charge in [-0.05, 0) is 50.1 Å². The normalized spacial score (nSPS) is 19.1. The molecule has 5 heteroatoms. The van der Waals surface area contributed by atoms with Crippen LogP contribution in [0, 0.1) is 11.7 Å². The van der Waals surface area contributed by atoms with Gasteiger partial charge in [0, 0.05) is 12.1 Å². The molecule has 2 aromatic rings. The molecule has 1 N–H and O–H groups in total. The van der Waals surface area contributed by atoms with Crippen molar-refractivity contribution in [1.82, 2.24) is 4.90 Å². The van der Waals surface area contributed by atoms with Crippen LogP contribution in [0.3, 0.4) is 0 Å². The smallest absolute Gasteiger partial charge is 0.307 e. The van der Waals surface area contributed by atoms with Crippen molar-refractivity contribution in [3.8, 4) is 5.75 Å². The molecule has 4 nitrogen and oxygen atoms in total. The first-order chi connectivity index (χ1) is 12.6. The average molecular weight is 357 g/mol. The van der Waals surface area contributed by atoms with E-state index in [4.69, 9.17) is 4.74 Å². The molecule has 0 spiro atoms. The Hall–Kier alpha value is -2.40. The molecule has 2 atom stereocenters. The summed E-state index contributed by atoms with van der Waals surface area (Å²) in [5.41, 5.74) is 1.74. The molecule has 0 amide bonds. The quantitative estimate of drug-likeness (QED) is 0.845. The van der Waals surface area contributed by atoms with E-state index in [0.29, 0.717) is 19.6 Å². The number of ether oxygens (including phenoxy) is 1. The van der Waals surface area contributed by atoms with E-state index in [0.717, 1.165) is 29.8 Å². The average Bonchev–Trinajstić information content (AvgIpc) is 2.64. The maximum atomic E-state index is 13.9. The first-order valence-electron chi connectivity index (χ1n) is 9.04. The Balaban J connectivity index is 2.04. The summed E-state index contributed by atoms with van der Waals surface area (Å²) in [4.78, 5) is 13.6. The summed E-state index contributed by atoms with van der Waals surface area (Å²) in [5, 5.41) is 9.45. The van der Waals surface area contributed by atoms with Crippen LogP contribution in [0.15, 0.2) is 48.5 Å². The third-order valence-electron chi connectivity index (χ3n) is 4.85. The molecule has 3 rings (SSSR count). The van der Waals surface area contributed by atoms with Gasteiger partial charge in [0.1, 0.15) is 11.6 Å². The molecule has 0 aliphatic carbocycles. The summed E-state index contributed by atoms with van der Waals surface area (Å²) >= 11 is 0. The van der Waals surface area contributed by atoms with Crippen molar-refractivity contribution >= 4 is 5.97 Å². The van der Waals surface area contributed by atoms with E-state index in [-0.39, 0.29) is 11.9 Å². The summed E-state index contributed by atoms with van der Waals surface area (Å²) in [7, 11) is 0. The summed E-state index contributed by atoms with van der Waals surface area (Å²) in [5.74, 6) is -0.722. The van der Waals surface area contributed by atoms with Crippen LogP contribution in [0.25, 0.3) is 0 Å². The van der Waals surface area contributed by atoms with Crippen molar-refractivity contribution in [3.63, 3.8) is 0 Å². The molecule has 1 aliphatic heterocycles. The number of carboxylic acids is 1. The fourth-order valence-electron chi connectivity index (χ4n) is 3.70. The highest BCUT2D eigenvalue weighted by Gasteiger charge is 2.32. The van der Waals surface area contributed by atoms with Crippen molar-refractivity contribution < 1.29 is 19.0 Å². The van der Waals surface area contributed by atoms with Crippen LogP contribution in [0.4, 0.5) is 4.39 Å². The first kappa shape index (κ1) is 18.4. The zero-order valence-corrected chi connectivity index (χ0v) is 14.9. The lowest BCUT2D eigenvalue weighted by atomic mass is 9.91. The second-order valence-corrected chi connectivity index (χ2v) is 6.60. The topological polar surface area (TPSA) is 49.8 Å². The Morgan fingerprint density at radius 3 is 2.85 bits per heavy atom. The molecular weight excluding hydrogens is 333 g/mol. The third-order valence-corrected chi connectivity index (χ3v) is 4.85. The number of benzene rings is 2. The summed E-state index contributed by atoms with van der Waals surface area (Å²) < 4.78 is 19.7. The largest absolute Gasteiger partial charge is 0.494 e. The van der Waals surface area contributed by atoms with Crippen molar-refractivity contribution in [2.24, 2.45) is 5.92 Å². The number of carboxylic acid groups (broad SMARTS) is 1. The van der Waals surface area contributed by atoms with Gasteiger partial charge in [0.2, 0.25) is 0 Å². The van der Waals surface area contributed by atoms with Gasteiger partial charge in [0.25, 0.3) is 0 Å². The minimum atomic E-state index is -0.772. The molecule has 1 aliphatic rings. The van der Waals surface area contributed by atoms with E-state index in [2.05, 4.69) is 4.90 Å². The predicted octanol–water partition coefficient (Wildman–Crippen LogP) is 4.11. The first-order valence-corrected chi connectivity index (χ1v) is 9.04. The number of halogens is 1. The fraction of sp³-hybridized carbons (Fsp3) is 0.381. The van der Waals surface area contributed by atoms with Gasteiger partial charge in [0.05, 0.1) is 18.6 Å². The molecule has 1 saturated heterocycles. The van der Waals surface area contributed by atoms with E-state index >= 15 is 0 Å². The van der Waals surface area contributed by atoms with Crippen LogP contribution in [0.1, 0.15) is 36.9 Å². The van der Waals surface area contributed by atoms with Gasteiger partial charge in [-0.3, -0.25) is 9.69 Å². The van der Waals surface area contributed by atoms with E-state index < -0.39 is 11.9 Å². The highest BCUT2D eigenvalue weighted by atomic mass is 19.1. The van der Waals surface area contributed by atoms with E-state index in [9.17, 15) is 14.3 Å². The van der Waals surface area contributed by atoms with Crippen molar-refractivity contribution in [1.29, 1.82) is 0 Å². The summed E-state index contributed by atoms with van der Waals surface area (Å²) in [6.07, 6.45) is 1.48. The van der Waals surface area contributed by atoms with Crippen LogP contribution in [0.5, 0.6) is 5.75 Å². The zero-order chi connectivity index (χ0) is 18.5. The van der Waals surface area contributed by atoms with Gasteiger partial charge >= 0.3 is 5.97 Å². The molecule has 1 heterocycles. The Kier molecular flexibility index (Phi) is 5.89. The number of hydrogen-bond acceptors (Lipinski definition) is 3. The Labute approximate surface area is 153 Å². The summed E-state index contributed by atoms with van der Waals surface area (Å²) in [6, 6.07) is 14.0. The van der Waals surface area contributed by atoms with Gasteiger partial charge in [0.15, 0.2) is 0 Å². The number of hydrogen-bond donors (Lipinski definition) is 1. The third kappa shape index (κ3) is 4.05. The predicted molar refractivity (Wildman–Crippen MR) is 97.8 cm³/mol. The maximum Gasteiger partial charge on any atom is 0.307 e. The lowest BCUT2D eigenvalue weighted by Gasteiger charge is -2.38. The van der Waals surface area contributed by atoms with E-state index in [1.54, 1.807) is 6.07 Å². The number of nitrogens with zero attached hydrogens (tertiary/aromatic N) is 1. The number of aliphatic carboxylic acids is 1. The molecule has 1 fully saturated rings. The SMILES string of the molecule is CCOc1ccccc1C(c1cccc(F)c1)N1CCCC(C(=O)O)C1. The van der Waals surface area contributed by atoms with Gasteiger partial charge < -0.3 is 9.84 Å². The lowest BCUT2D eigenvalue weighted by molar-refractivity contribution is -0.143. The Morgan fingerprint density at radius 1 is 1.31 bits per heavy atom. The number of piperidine rings is 1. The summed E-state index contributed by atoms with van der Waals surface area (Å²) in [6.45, 7) is 3.67. The molecule has 26 heavy (non-hydrogen) atoms. The fourth-order valence-corrected chi connectivity index (χ4v) is 3.70. The molecule has 0 radical (unpaired) electrons. The number of carbonyl (C=O) groups is 1. The van der Waals surface area contributed by atoms with Crippen LogP contribution in [-0.2, 0) is 4.79 Å². The molecular formula is C21H24FNO3. The van der Waals surface area contributed by atoms with Gasteiger partial charge in [-0.15, -0.1) is 0 Å². The highest BCUT2D eigenvalue weighted by Crippen LogP contribution is 2.37. The number of likely N-dealkylation sites (tertiary alicyclic amines) is 1. The molecule has 2 aromatic carbocycles. The van der Waals surface area contributed by atoms with Crippen molar-refractivity contribution in [3.05, 3.63) is 65.5 Å². The maximum absolute atomic E-state index is 13.9. The minimum Gasteiger partial charge on any atom is -0.494 e. The van der Waals surface area contributed by atoms with Crippen LogP contribution in [-0.4, -0.2) is 35.7 Å². The van der Waals surface area contributed by atoms with Gasteiger partial charge in [-0.2, -0.15) is 0 Å². The highest BCUT2D eigenvalue weighted by molar-refractivity contribution is 5.70. The Morgan fingerprint density at radius 2 is 2.12 bits per heavy atom. The number of rotatable bonds is 6.